The van der Waals surface area contributed by atoms with Gasteiger partial charge in [-0.3, -0.25) is 9.59 Å². The van der Waals surface area contributed by atoms with Crippen LogP contribution >= 0.6 is 22.7 Å². The SMILES string of the molecule is CC(=O)Nc1nc(CCc2nnc(CC(=O)O)s2)cs1. The van der Waals surface area contributed by atoms with Crippen molar-refractivity contribution in [3.05, 3.63) is 21.1 Å². The molecule has 9 heteroatoms. The van der Waals surface area contributed by atoms with Crippen molar-refractivity contribution in [3.63, 3.8) is 0 Å². The van der Waals surface area contributed by atoms with E-state index in [1.165, 1.54) is 29.6 Å². The first-order chi connectivity index (χ1) is 9.52. The molecule has 2 aromatic heterocycles. The molecule has 2 rings (SSSR count). The van der Waals surface area contributed by atoms with Crippen LogP contribution in [0.5, 0.6) is 0 Å². The Morgan fingerprint density at radius 2 is 2.05 bits per heavy atom. The van der Waals surface area contributed by atoms with Crippen LogP contribution in [0.4, 0.5) is 5.13 Å². The van der Waals surface area contributed by atoms with Gasteiger partial charge >= 0.3 is 5.97 Å². The number of aryl methyl sites for hydroxylation is 2. The zero-order valence-corrected chi connectivity index (χ0v) is 12.3. The van der Waals surface area contributed by atoms with Gasteiger partial charge in [0.1, 0.15) is 10.0 Å². The summed E-state index contributed by atoms with van der Waals surface area (Å²) >= 11 is 2.67. The summed E-state index contributed by atoms with van der Waals surface area (Å²) in [5, 5.41) is 22.8. The number of amides is 1. The van der Waals surface area contributed by atoms with Gasteiger partial charge in [0.05, 0.1) is 12.1 Å². The number of carboxylic acids is 1. The van der Waals surface area contributed by atoms with Crippen molar-refractivity contribution in [2.45, 2.75) is 26.2 Å². The van der Waals surface area contributed by atoms with Gasteiger partial charge < -0.3 is 10.4 Å². The van der Waals surface area contributed by atoms with Crippen molar-refractivity contribution in [1.82, 2.24) is 15.2 Å². The van der Waals surface area contributed by atoms with E-state index in [-0.39, 0.29) is 12.3 Å². The summed E-state index contributed by atoms with van der Waals surface area (Å²) < 4.78 is 0. The molecule has 20 heavy (non-hydrogen) atoms. The Hall–Kier alpha value is -1.87. The Balaban J connectivity index is 1.88. The van der Waals surface area contributed by atoms with E-state index in [2.05, 4.69) is 20.5 Å². The largest absolute Gasteiger partial charge is 0.481 e. The van der Waals surface area contributed by atoms with Crippen LogP contribution < -0.4 is 5.32 Å². The summed E-state index contributed by atoms with van der Waals surface area (Å²) in [5.41, 5.74) is 0.869. The smallest absolute Gasteiger partial charge is 0.310 e. The summed E-state index contributed by atoms with van der Waals surface area (Å²) in [6, 6.07) is 0. The molecule has 0 saturated carbocycles. The predicted octanol–water partition coefficient (Wildman–Crippen LogP) is 1.37. The molecule has 7 nitrogen and oxygen atoms in total. The molecule has 0 aliphatic heterocycles. The number of carboxylic acid groups (broad SMARTS) is 1. The Labute approximate surface area is 122 Å². The molecule has 0 aromatic carbocycles. The standard InChI is InChI=1S/C11H12N4O3S2/c1-6(16)12-11-13-7(5-19-11)2-3-8-14-15-9(20-8)4-10(17)18/h5H,2-4H2,1H3,(H,17,18)(H,12,13,16). The highest BCUT2D eigenvalue weighted by atomic mass is 32.1. The Morgan fingerprint density at radius 1 is 1.30 bits per heavy atom. The fourth-order valence-electron chi connectivity index (χ4n) is 1.45. The van der Waals surface area contributed by atoms with Gasteiger partial charge in [0, 0.05) is 18.7 Å². The lowest BCUT2D eigenvalue weighted by Gasteiger charge is -1.94. The van der Waals surface area contributed by atoms with Crippen LogP contribution in [0, 0.1) is 0 Å². The van der Waals surface area contributed by atoms with Gasteiger partial charge in [-0.25, -0.2) is 4.98 Å². The van der Waals surface area contributed by atoms with E-state index < -0.39 is 5.97 Å². The first kappa shape index (κ1) is 14.5. The highest BCUT2D eigenvalue weighted by molar-refractivity contribution is 7.14. The summed E-state index contributed by atoms with van der Waals surface area (Å²) in [7, 11) is 0. The second-order valence-electron chi connectivity index (χ2n) is 3.99. The quantitative estimate of drug-likeness (QED) is 0.834. The minimum Gasteiger partial charge on any atom is -0.481 e. The van der Waals surface area contributed by atoms with Crippen molar-refractivity contribution < 1.29 is 14.7 Å². The van der Waals surface area contributed by atoms with Crippen molar-refractivity contribution in [2.75, 3.05) is 5.32 Å². The van der Waals surface area contributed by atoms with Crippen molar-refractivity contribution in [2.24, 2.45) is 0 Å². The number of nitrogens with zero attached hydrogens (tertiary/aromatic N) is 3. The summed E-state index contributed by atoms with van der Waals surface area (Å²) in [4.78, 5) is 25.7. The fraction of sp³-hybridized carbons (Fsp3) is 0.364. The summed E-state index contributed by atoms with van der Waals surface area (Å²) in [6.45, 7) is 1.44. The van der Waals surface area contributed by atoms with Crippen LogP contribution in [0.2, 0.25) is 0 Å². The number of hydrogen-bond acceptors (Lipinski definition) is 7. The molecule has 0 saturated heterocycles. The fourth-order valence-corrected chi connectivity index (χ4v) is 3.08. The van der Waals surface area contributed by atoms with Gasteiger partial charge in [-0.15, -0.1) is 32.9 Å². The van der Waals surface area contributed by atoms with E-state index in [0.717, 1.165) is 10.7 Å². The predicted molar refractivity (Wildman–Crippen MR) is 75.1 cm³/mol. The molecule has 1 amide bonds. The zero-order valence-electron chi connectivity index (χ0n) is 10.6. The Bertz CT molecular complexity index is 568. The maximum atomic E-state index is 10.9. The number of aliphatic carboxylic acids is 1. The number of hydrogen-bond donors (Lipinski definition) is 2. The maximum absolute atomic E-state index is 10.9. The highest BCUT2D eigenvalue weighted by Crippen LogP contribution is 2.18. The lowest BCUT2D eigenvalue weighted by Crippen LogP contribution is -2.05. The van der Waals surface area contributed by atoms with E-state index >= 15 is 0 Å². The van der Waals surface area contributed by atoms with Gasteiger partial charge in [0.25, 0.3) is 0 Å². The van der Waals surface area contributed by atoms with E-state index in [0.29, 0.717) is 23.0 Å². The second kappa shape index (κ2) is 6.53. The first-order valence-corrected chi connectivity index (χ1v) is 7.47. The Kier molecular flexibility index (Phi) is 4.74. The molecule has 0 radical (unpaired) electrons. The molecule has 2 N–H and O–H groups in total. The molecule has 2 aromatic rings. The van der Waals surface area contributed by atoms with Crippen LogP contribution in [-0.4, -0.2) is 32.2 Å². The van der Waals surface area contributed by atoms with E-state index in [9.17, 15) is 9.59 Å². The van der Waals surface area contributed by atoms with Gasteiger partial charge in [0.15, 0.2) is 5.13 Å². The average molecular weight is 312 g/mol. The molecule has 0 unspecified atom stereocenters. The minimum absolute atomic E-state index is 0.0962. The van der Waals surface area contributed by atoms with Crippen LogP contribution in [0.1, 0.15) is 22.6 Å². The molecule has 0 aliphatic carbocycles. The van der Waals surface area contributed by atoms with Gasteiger partial charge in [0.2, 0.25) is 5.91 Å². The van der Waals surface area contributed by atoms with Crippen molar-refractivity contribution >= 4 is 39.7 Å². The average Bonchev–Trinajstić information content (AvgIpc) is 2.94. The molecular formula is C11H12N4O3S2. The number of nitrogens with one attached hydrogen (secondary N) is 1. The molecule has 106 valence electrons. The molecule has 0 spiro atoms. The molecule has 0 bridgehead atoms. The molecule has 2 heterocycles. The third-order valence-electron chi connectivity index (χ3n) is 2.24. The summed E-state index contributed by atoms with van der Waals surface area (Å²) in [6.07, 6.45) is 1.24. The van der Waals surface area contributed by atoms with Gasteiger partial charge in [-0.2, -0.15) is 0 Å². The van der Waals surface area contributed by atoms with Crippen LogP contribution in [0.15, 0.2) is 5.38 Å². The third-order valence-corrected chi connectivity index (χ3v) is 4.03. The number of thiazole rings is 1. The van der Waals surface area contributed by atoms with Crippen LogP contribution in [0.25, 0.3) is 0 Å². The minimum atomic E-state index is -0.910. The molecule has 0 aliphatic rings. The van der Waals surface area contributed by atoms with Gasteiger partial charge in [-0.05, 0) is 6.42 Å². The Morgan fingerprint density at radius 3 is 2.75 bits per heavy atom. The lowest BCUT2D eigenvalue weighted by atomic mass is 10.3. The van der Waals surface area contributed by atoms with Crippen LogP contribution in [-0.2, 0) is 28.9 Å². The monoisotopic (exact) mass is 312 g/mol. The van der Waals surface area contributed by atoms with E-state index in [1.807, 2.05) is 5.38 Å². The number of anilines is 1. The maximum Gasteiger partial charge on any atom is 0.310 e. The normalized spacial score (nSPS) is 10.4. The van der Waals surface area contributed by atoms with Gasteiger partial charge in [-0.1, -0.05) is 0 Å². The molecule has 0 atom stereocenters. The molecule has 0 fully saturated rings. The first-order valence-electron chi connectivity index (χ1n) is 5.78. The van der Waals surface area contributed by atoms with Crippen molar-refractivity contribution in [3.8, 4) is 0 Å². The lowest BCUT2D eigenvalue weighted by molar-refractivity contribution is -0.136. The number of carbonyl (C=O) groups excluding carboxylic acids is 1. The number of rotatable bonds is 6. The second-order valence-corrected chi connectivity index (χ2v) is 5.99. The topological polar surface area (TPSA) is 105 Å². The van der Waals surface area contributed by atoms with Crippen molar-refractivity contribution in [1.29, 1.82) is 0 Å². The zero-order chi connectivity index (χ0) is 14.5. The summed E-state index contributed by atoms with van der Waals surface area (Å²) in [5.74, 6) is -1.06. The van der Waals surface area contributed by atoms with E-state index in [4.69, 9.17) is 5.11 Å². The van der Waals surface area contributed by atoms with Crippen LogP contribution in [0.3, 0.4) is 0 Å². The highest BCUT2D eigenvalue weighted by Gasteiger charge is 2.09. The van der Waals surface area contributed by atoms with E-state index in [1.54, 1.807) is 0 Å². The number of aromatic nitrogens is 3. The molecular weight excluding hydrogens is 300 g/mol. The third kappa shape index (κ3) is 4.35. The number of carbonyl (C=O) groups is 2.